The van der Waals surface area contributed by atoms with Gasteiger partial charge in [0.15, 0.2) is 0 Å². The molecule has 0 saturated heterocycles. The minimum atomic E-state index is -4.10. The topological polar surface area (TPSA) is 102 Å². The minimum Gasteiger partial charge on any atom is -0.465 e. The molecule has 2 aromatic carbocycles. The van der Waals surface area contributed by atoms with Crippen LogP contribution in [0.2, 0.25) is 0 Å². The van der Waals surface area contributed by atoms with Crippen molar-refractivity contribution in [1.82, 2.24) is 10.2 Å². The van der Waals surface area contributed by atoms with Gasteiger partial charge in [0.1, 0.15) is 23.0 Å². The van der Waals surface area contributed by atoms with Crippen molar-refractivity contribution in [1.29, 1.82) is 0 Å². The zero-order valence-electron chi connectivity index (χ0n) is 18.2. The summed E-state index contributed by atoms with van der Waals surface area (Å²) in [6.07, 6.45) is 0.698. The summed E-state index contributed by atoms with van der Waals surface area (Å²) in [4.78, 5) is 25.5. The van der Waals surface area contributed by atoms with Crippen molar-refractivity contribution in [2.24, 2.45) is 0 Å². The third kappa shape index (κ3) is 7.23. The van der Waals surface area contributed by atoms with E-state index < -0.39 is 27.9 Å². The highest BCUT2D eigenvalue weighted by atomic mass is 32.2. The molecule has 2 rings (SSSR count). The smallest absolute Gasteiger partial charge is 0.339 e. The molecule has 1 unspecified atom stereocenters. The highest BCUT2D eigenvalue weighted by Gasteiger charge is 2.21. The Morgan fingerprint density at radius 1 is 1.06 bits per heavy atom. The molecule has 10 heteroatoms. The zero-order valence-corrected chi connectivity index (χ0v) is 19.0. The van der Waals surface area contributed by atoms with E-state index in [0.29, 0.717) is 6.42 Å². The van der Waals surface area contributed by atoms with Crippen molar-refractivity contribution < 1.29 is 31.3 Å². The number of hydrogen-bond acceptors (Lipinski definition) is 6. The Morgan fingerprint density at radius 2 is 1.69 bits per heavy atom. The molecule has 0 aliphatic heterocycles. The van der Waals surface area contributed by atoms with E-state index in [1.54, 1.807) is 24.0 Å². The molecule has 32 heavy (non-hydrogen) atoms. The molecule has 2 amide bonds. The lowest BCUT2D eigenvalue weighted by Crippen LogP contribution is -2.46. The summed E-state index contributed by atoms with van der Waals surface area (Å²) in [6, 6.07) is 10.0. The van der Waals surface area contributed by atoms with E-state index in [1.165, 1.54) is 12.1 Å². The van der Waals surface area contributed by atoms with Gasteiger partial charge in [0.05, 0.1) is 6.61 Å². The van der Waals surface area contributed by atoms with E-state index in [1.807, 2.05) is 13.8 Å². The first-order chi connectivity index (χ1) is 15.2. The number of amides is 2. The second-order valence-corrected chi connectivity index (χ2v) is 8.53. The highest BCUT2D eigenvalue weighted by Crippen LogP contribution is 2.21. The molecule has 8 nitrogen and oxygen atoms in total. The predicted octanol–water partition coefficient (Wildman–Crippen LogP) is 3.47. The van der Waals surface area contributed by atoms with Gasteiger partial charge in [-0.15, -0.1) is 0 Å². The van der Waals surface area contributed by atoms with Crippen molar-refractivity contribution in [3.05, 3.63) is 59.9 Å². The Hall–Kier alpha value is -3.14. The van der Waals surface area contributed by atoms with Gasteiger partial charge in [0.25, 0.3) is 0 Å². The third-order valence-corrected chi connectivity index (χ3v) is 5.92. The molecule has 0 aromatic heterocycles. The van der Waals surface area contributed by atoms with Gasteiger partial charge < -0.3 is 19.1 Å². The van der Waals surface area contributed by atoms with E-state index >= 15 is 0 Å². The Kier molecular flexibility index (Phi) is 9.01. The van der Waals surface area contributed by atoms with Gasteiger partial charge in [0.2, 0.25) is 0 Å². The molecule has 0 bridgehead atoms. The van der Waals surface area contributed by atoms with Crippen LogP contribution in [0.4, 0.5) is 9.18 Å². The average molecular weight is 467 g/mol. The third-order valence-electron chi connectivity index (χ3n) is 4.66. The number of hydrogen-bond donors (Lipinski definition) is 1. The largest absolute Gasteiger partial charge is 0.465 e. The second kappa shape index (κ2) is 11.5. The summed E-state index contributed by atoms with van der Waals surface area (Å²) >= 11 is 0. The fraction of sp³-hybridized carbons (Fsp3) is 0.364. The van der Waals surface area contributed by atoms with Gasteiger partial charge in [-0.3, -0.25) is 4.79 Å². The van der Waals surface area contributed by atoms with Crippen molar-refractivity contribution >= 4 is 22.1 Å². The second-order valence-electron chi connectivity index (χ2n) is 6.98. The molecule has 2 aromatic rings. The maximum absolute atomic E-state index is 13.0. The summed E-state index contributed by atoms with van der Waals surface area (Å²) < 4.78 is 47.6. The van der Waals surface area contributed by atoms with Crippen LogP contribution in [0.15, 0.2) is 53.4 Å². The number of esters is 1. The summed E-state index contributed by atoms with van der Waals surface area (Å²) in [5.74, 6) is -0.987. The summed E-state index contributed by atoms with van der Waals surface area (Å²) in [6.45, 7) is 5.76. The number of carbonyl (C=O) groups is 2. The lowest BCUT2D eigenvalue weighted by Gasteiger charge is -2.28. The molecule has 174 valence electrons. The monoisotopic (exact) mass is 466 g/mol. The first-order valence-electron chi connectivity index (χ1n) is 10.1. The fourth-order valence-corrected chi connectivity index (χ4v) is 3.66. The first-order valence-corrected chi connectivity index (χ1v) is 11.6. The van der Waals surface area contributed by atoms with Gasteiger partial charge in [-0.1, -0.05) is 19.1 Å². The molecule has 1 N–H and O–H groups in total. The molecule has 0 aliphatic rings. The molecule has 0 aliphatic carbocycles. The molecule has 0 fully saturated rings. The molecular weight excluding hydrogens is 439 g/mol. The SMILES string of the molecule is CCOC(=O)CNC(=O)N(Cc1ccc(OS(=O)(=O)c2ccc(F)cc2)cc1)C(C)CC. The van der Waals surface area contributed by atoms with Crippen LogP contribution in [0.1, 0.15) is 32.8 Å². The minimum absolute atomic E-state index is 0.0833. The molecule has 0 radical (unpaired) electrons. The van der Waals surface area contributed by atoms with Crippen molar-refractivity contribution in [2.45, 2.75) is 44.7 Å². The fourth-order valence-electron chi connectivity index (χ4n) is 2.73. The van der Waals surface area contributed by atoms with Crippen LogP contribution in [-0.2, 0) is 26.2 Å². The average Bonchev–Trinajstić information content (AvgIpc) is 2.76. The van der Waals surface area contributed by atoms with Crippen molar-refractivity contribution in [3.8, 4) is 5.75 Å². The lowest BCUT2D eigenvalue weighted by molar-refractivity contribution is -0.141. The highest BCUT2D eigenvalue weighted by molar-refractivity contribution is 7.87. The zero-order chi connectivity index (χ0) is 23.7. The number of rotatable bonds is 10. The van der Waals surface area contributed by atoms with E-state index in [2.05, 4.69) is 5.32 Å². The van der Waals surface area contributed by atoms with Gasteiger partial charge >= 0.3 is 22.1 Å². The maximum Gasteiger partial charge on any atom is 0.339 e. The van der Waals surface area contributed by atoms with E-state index in [0.717, 1.165) is 29.8 Å². The Morgan fingerprint density at radius 3 is 2.25 bits per heavy atom. The lowest BCUT2D eigenvalue weighted by atomic mass is 10.1. The van der Waals surface area contributed by atoms with Gasteiger partial charge in [0, 0.05) is 12.6 Å². The number of nitrogens with one attached hydrogen (secondary N) is 1. The summed E-state index contributed by atoms with van der Waals surface area (Å²) in [7, 11) is -4.10. The molecular formula is C22H27FN2O6S. The Bertz CT molecular complexity index is 1010. The number of halogens is 1. The number of carbonyl (C=O) groups excluding carboxylic acids is 2. The molecule has 0 saturated carbocycles. The van der Waals surface area contributed by atoms with Crippen LogP contribution < -0.4 is 9.50 Å². The quantitative estimate of drug-likeness (QED) is 0.425. The van der Waals surface area contributed by atoms with E-state index in [-0.39, 0.29) is 36.4 Å². The molecule has 0 spiro atoms. The van der Waals surface area contributed by atoms with Crippen molar-refractivity contribution in [3.63, 3.8) is 0 Å². The van der Waals surface area contributed by atoms with Crippen LogP contribution >= 0.6 is 0 Å². The van der Waals surface area contributed by atoms with Crippen LogP contribution in [-0.4, -0.2) is 44.5 Å². The molecule has 1 atom stereocenters. The first kappa shape index (κ1) is 25.1. The van der Waals surface area contributed by atoms with Crippen molar-refractivity contribution in [2.75, 3.05) is 13.2 Å². The number of nitrogens with zero attached hydrogens (tertiary/aromatic N) is 1. The predicted molar refractivity (Wildman–Crippen MR) is 116 cm³/mol. The number of benzene rings is 2. The summed E-state index contributed by atoms with van der Waals surface area (Å²) in [5.41, 5.74) is 0.739. The van der Waals surface area contributed by atoms with Crippen LogP contribution in [0.3, 0.4) is 0 Å². The van der Waals surface area contributed by atoms with Gasteiger partial charge in [-0.25, -0.2) is 9.18 Å². The van der Waals surface area contributed by atoms with Gasteiger partial charge in [-0.2, -0.15) is 8.42 Å². The Balaban J connectivity index is 2.06. The maximum atomic E-state index is 13.0. The number of ether oxygens (including phenoxy) is 1. The van der Waals surface area contributed by atoms with Crippen LogP contribution in [0.5, 0.6) is 5.75 Å². The standard InChI is InChI=1S/C22H27FN2O6S/c1-4-16(3)25(22(27)24-14-21(26)30-5-2)15-17-6-10-19(11-7-17)31-32(28,29)20-12-8-18(23)9-13-20/h6-13,16H,4-5,14-15H2,1-3H3,(H,24,27). The van der Waals surface area contributed by atoms with E-state index in [9.17, 15) is 22.4 Å². The normalized spacial score (nSPS) is 12.0. The summed E-state index contributed by atoms with van der Waals surface area (Å²) in [5, 5.41) is 2.55. The van der Waals surface area contributed by atoms with Gasteiger partial charge in [-0.05, 0) is 62.2 Å². The molecule has 0 heterocycles. The van der Waals surface area contributed by atoms with E-state index in [4.69, 9.17) is 8.92 Å². The number of urea groups is 1. The van der Waals surface area contributed by atoms with Crippen LogP contribution in [0.25, 0.3) is 0 Å². The Labute approximate surface area is 187 Å². The van der Waals surface area contributed by atoms with Crippen LogP contribution in [0, 0.1) is 5.82 Å².